The minimum absolute atomic E-state index is 0.196. The molecule has 3 aliphatic heterocycles. The normalized spacial score (nSPS) is 19.7. The highest BCUT2D eigenvalue weighted by molar-refractivity contribution is 6.02. The van der Waals surface area contributed by atoms with Gasteiger partial charge in [-0.05, 0) is 88.9 Å². The van der Waals surface area contributed by atoms with Gasteiger partial charge in [0.05, 0.1) is 11.4 Å². The summed E-state index contributed by atoms with van der Waals surface area (Å²) in [4.78, 5) is 9.56. The number of hydrogen-bond acceptors (Lipinski definition) is 5. The molecule has 3 heterocycles. The third-order valence-electron chi connectivity index (χ3n) is 10.1. The summed E-state index contributed by atoms with van der Waals surface area (Å²) in [6.45, 7) is 15.3. The summed E-state index contributed by atoms with van der Waals surface area (Å²) < 4.78 is 0. The fourth-order valence-electron chi connectivity index (χ4n) is 7.24. The van der Waals surface area contributed by atoms with E-state index in [4.69, 9.17) is 4.99 Å². The molecule has 0 radical (unpaired) electrons. The number of nitrogens with one attached hydrogen (secondary N) is 2. The molecule has 2 N–H and O–H groups in total. The van der Waals surface area contributed by atoms with Gasteiger partial charge in [-0.25, -0.2) is 4.99 Å². The molecule has 268 valence electrons. The second kappa shape index (κ2) is 15.6. The summed E-state index contributed by atoms with van der Waals surface area (Å²) in [6.07, 6.45) is 20.1. The van der Waals surface area contributed by atoms with Gasteiger partial charge in [0.1, 0.15) is 18.2 Å². The summed E-state index contributed by atoms with van der Waals surface area (Å²) in [5.41, 5.74) is 13.4. The van der Waals surface area contributed by atoms with E-state index in [1.165, 1.54) is 0 Å². The average Bonchev–Trinajstić information content (AvgIpc) is 3.23. The third kappa shape index (κ3) is 7.09. The molecule has 0 fully saturated rings. The van der Waals surface area contributed by atoms with Crippen molar-refractivity contribution in [1.29, 1.82) is 0 Å². The van der Waals surface area contributed by atoms with Gasteiger partial charge in [0.25, 0.3) is 0 Å². The highest BCUT2D eigenvalue weighted by Gasteiger charge is 2.27. The molecule has 0 aliphatic carbocycles. The van der Waals surface area contributed by atoms with E-state index in [0.717, 1.165) is 78.7 Å². The van der Waals surface area contributed by atoms with E-state index in [-0.39, 0.29) is 12.3 Å². The monoisotopic (exact) mass is 713 g/mol. The fraction of sp³-hybridized carbons (Fsp3) is 0.0600. The summed E-state index contributed by atoms with van der Waals surface area (Å²) >= 11 is 0. The molecule has 2 atom stereocenters. The Labute approximate surface area is 324 Å². The number of rotatable bonds is 7. The van der Waals surface area contributed by atoms with Crippen LogP contribution in [0.5, 0.6) is 0 Å². The summed E-state index contributed by atoms with van der Waals surface area (Å²) in [6, 6.07) is 42.5. The molecule has 0 aromatic heterocycles. The van der Waals surface area contributed by atoms with Crippen molar-refractivity contribution in [2.24, 2.45) is 4.99 Å². The minimum Gasteiger partial charge on any atom is -0.350 e. The number of para-hydroxylation sites is 1. The first-order chi connectivity index (χ1) is 27.0. The van der Waals surface area contributed by atoms with Crippen molar-refractivity contribution < 1.29 is 0 Å². The lowest BCUT2D eigenvalue weighted by Gasteiger charge is -2.33. The molecule has 5 aromatic carbocycles. The van der Waals surface area contributed by atoms with Crippen LogP contribution < -0.4 is 20.4 Å². The van der Waals surface area contributed by atoms with E-state index < -0.39 is 0 Å². The maximum atomic E-state index is 5.06. The van der Waals surface area contributed by atoms with Crippen LogP contribution in [0.3, 0.4) is 0 Å². The molecule has 5 aromatic rings. The number of amidine groups is 1. The van der Waals surface area contributed by atoms with Crippen LogP contribution in [0.4, 0.5) is 22.7 Å². The van der Waals surface area contributed by atoms with Gasteiger partial charge in [-0.1, -0.05) is 141 Å². The van der Waals surface area contributed by atoms with Gasteiger partial charge in [0.2, 0.25) is 0 Å². The van der Waals surface area contributed by atoms with Gasteiger partial charge >= 0.3 is 0 Å². The van der Waals surface area contributed by atoms with E-state index in [1.807, 2.05) is 61.6 Å². The molecule has 5 heteroatoms. The molecule has 2 unspecified atom stereocenters. The molecule has 0 saturated carbocycles. The quantitative estimate of drug-likeness (QED) is 0.165. The molecule has 0 spiro atoms. The molecule has 0 saturated heterocycles. The maximum Gasteiger partial charge on any atom is 0.131 e. The van der Waals surface area contributed by atoms with Crippen molar-refractivity contribution in [1.82, 2.24) is 10.6 Å². The minimum atomic E-state index is -0.235. The van der Waals surface area contributed by atoms with Gasteiger partial charge < -0.3 is 15.1 Å². The van der Waals surface area contributed by atoms with Crippen molar-refractivity contribution >= 4 is 45.8 Å². The van der Waals surface area contributed by atoms with Crippen molar-refractivity contribution in [3.63, 3.8) is 0 Å². The molecular formula is C50H43N5. The Bertz CT molecular complexity index is 2450. The number of nitrogens with zero attached hydrogens (tertiary/aromatic N) is 3. The second-order valence-electron chi connectivity index (χ2n) is 13.5. The zero-order valence-corrected chi connectivity index (χ0v) is 30.9. The van der Waals surface area contributed by atoms with Gasteiger partial charge in [-0.15, -0.1) is 0 Å². The van der Waals surface area contributed by atoms with E-state index in [9.17, 15) is 0 Å². The Balaban J connectivity index is 1.21. The van der Waals surface area contributed by atoms with Crippen LogP contribution in [-0.4, -0.2) is 5.84 Å². The first-order valence-electron chi connectivity index (χ1n) is 18.6. The third-order valence-corrected chi connectivity index (χ3v) is 10.1. The highest BCUT2D eigenvalue weighted by atomic mass is 15.3. The lowest BCUT2D eigenvalue weighted by Crippen LogP contribution is -2.45. The van der Waals surface area contributed by atoms with E-state index in [1.54, 1.807) is 0 Å². The number of hydrogen-bond donors (Lipinski definition) is 2. The van der Waals surface area contributed by atoms with Crippen LogP contribution in [0.15, 0.2) is 207 Å². The van der Waals surface area contributed by atoms with Gasteiger partial charge in [-0.3, -0.25) is 5.32 Å². The lowest BCUT2D eigenvalue weighted by atomic mass is 9.89. The molecule has 0 bridgehead atoms. The predicted octanol–water partition coefficient (Wildman–Crippen LogP) is 12.1. The number of benzene rings is 5. The number of fused-ring (bicyclic) bond motifs is 3. The second-order valence-corrected chi connectivity index (χ2v) is 13.5. The fourth-order valence-corrected chi connectivity index (χ4v) is 7.24. The first kappa shape index (κ1) is 35.1. The van der Waals surface area contributed by atoms with Gasteiger partial charge in [0, 0.05) is 40.5 Å². The largest absolute Gasteiger partial charge is 0.350 e. The van der Waals surface area contributed by atoms with Crippen molar-refractivity contribution in [2.45, 2.75) is 19.3 Å². The average molecular weight is 714 g/mol. The van der Waals surface area contributed by atoms with Crippen molar-refractivity contribution in [2.75, 3.05) is 9.80 Å². The zero-order valence-electron chi connectivity index (χ0n) is 30.9. The lowest BCUT2D eigenvalue weighted by molar-refractivity contribution is 0.409. The molecule has 8 rings (SSSR count). The van der Waals surface area contributed by atoms with Crippen LogP contribution in [0, 0.1) is 0 Å². The van der Waals surface area contributed by atoms with Crippen molar-refractivity contribution in [3.8, 4) is 0 Å². The summed E-state index contributed by atoms with van der Waals surface area (Å²) in [5, 5.41) is 7.36. The number of aliphatic imine (C=N–C) groups is 1. The Morgan fingerprint density at radius 1 is 0.691 bits per heavy atom. The number of anilines is 4. The van der Waals surface area contributed by atoms with Crippen molar-refractivity contribution in [3.05, 3.63) is 235 Å². The first-order valence-corrected chi connectivity index (χ1v) is 18.6. The van der Waals surface area contributed by atoms with Gasteiger partial charge in [0.15, 0.2) is 0 Å². The Morgan fingerprint density at radius 2 is 1.38 bits per heavy atom. The van der Waals surface area contributed by atoms with Crippen LogP contribution in [0.1, 0.15) is 52.6 Å². The highest BCUT2D eigenvalue weighted by Crippen LogP contribution is 2.45. The van der Waals surface area contributed by atoms with Gasteiger partial charge in [-0.2, -0.15) is 0 Å². The van der Waals surface area contributed by atoms with E-state index >= 15 is 0 Å². The van der Waals surface area contributed by atoms with E-state index in [0.29, 0.717) is 0 Å². The summed E-state index contributed by atoms with van der Waals surface area (Å²) in [7, 11) is 0. The molecular weight excluding hydrogens is 671 g/mol. The van der Waals surface area contributed by atoms with Crippen LogP contribution >= 0.6 is 0 Å². The SMILES string of the molecule is C=C/C(=C\C=C/C)C1=NC(c2ccccc2)NC(c2ccc(N3/C=C\C=C/C(=C)c4cc5c(cc43)N(c3ccccc3)/C=C\c3ccccc3C5=C)cc2)N1. The standard InChI is InChI=1S/C50H43N5/c1-5-7-19-37(6-2)48-51-49(39-21-10-8-11-22-39)53-50(52-48)40-26-28-42(29-27-40)54-31-17-16-18-35(3)44-33-45-36(4)43-25-15-14-20-38(43)30-32-55(47(45)34-46(44)54)41-23-12-9-13-24-41/h5-34,49-50,53H,2-4H2,1H3,(H,51,52)/b7-5-,18-16-,31-17-,32-30-,37-19+. The molecule has 3 aliphatic rings. The molecule has 55 heavy (non-hydrogen) atoms. The maximum absolute atomic E-state index is 5.06. The van der Waals surface area contributed by atoms with E-state index in [2.05, 4.69) is 168 Å². The Hall–Kier alpha value is -6.95. The zero-order chi connectivity index (χ0) is 37.7. The Kier molecular flexibility index (Phi) is 9.94. The van der Waals surface area contributed by atoms with Crippen LogP contribution in [0.2, 0.25) is 0 Å². The van der Waals surface area contributed by atoms with Crippen LogP contribution in [0.25, 0.3) is 17.2 Å². The molecule has 5 nitrogen and oxygen atoms in total. The number of allylic oxidation sites excluding steroid dienone is 7. The topological polar surface area (TPSA) is 42.9 Å². The summed E-state index contributed by atoms with van der Waals surface area (Å²) in [5.74, 6) is 0.790. The smallest absolute Gasteiger partial charge is 0.131 e. The Morgan fingerprint density at radius 3 is 2.15 bits per heavy atom. The predicted molar refractivity (Wildman–Crippen MR) is 233 cm³/mol. The van der Waals surface area contributed by atoms with Crippen LogP contribution in [-0.2, 0) is 0 Å². The molecule has 0 amide bonds.